The highest BCUT2D eigenvalue weighted by Crippen LogP contribution is 2.24. The zero-order chi connectivity index (χ0) is 13.0. The Morgan fingerprint density at radius 3 is 2.83 bits per heavy atom. The first-order chi connectivity index (χ1) is 8.74. The molecule has 2 rings (SSSR count). The van der Waals surface area contributed by atoms with E-state index in [1.165, 1.54) is 0 Å². The number of benzene rings is 1. The first-order valence-electron chi connectivity index (χ1n) is 6.38. The lowest BCUT2D eigenvalue weighted by Gasteiger charge is -2.09. The van der Waals surface area contributed by atoms with Crippen LogP contribution in [0.2, 0.25) is 0 Å². The normalized spacial score (nSPS) is 10.8. The van der Waals surface area contributed by atoms with Gasteiger partial charge in [0.25, 0.3) is 0 Å². The highest BCUT2D eigenvalue weighted by atomic mass is 16.5. The van der Waals surface area contributed by atoms with Gasteiger partial charge in [-0.1, -0.05) is 13.3 Å². The van der Waals surface area contributed by atoms with Gasteiger partial charge in [0, 0.05) is 11.1 Å². The third-order valence-corrected chi connectivity index (χ3v) is 2.93. The zero-order valence-electron chi connectivity index (χ0n) is 10.9. The Kier molecular flexibility index (Phi) is 4.15. The molecule has 0 aliphatic rings. The number of aliphatic hydroxyl groups is 1. The number of fused-ring (bicyclic) bond motifs is 1. The quantitative estimate of drug-likeness (QED) is 0.822. The second-order valence-electron chi connectivity index (χ2n) is 4.46. The fourth-order valence-electron chi connectivity index (χ4n) is 1.98. The number of aryl methyl sites for hydroxylation is 1. The first-order valence-corrected chi connectivity index (χ1v) is 6.38. The summed E-state index contributed by atoms with van der Waals surface area (Å²) in [5, 5.41) is 10.4. The second kappa shape index (κ2) is 5.83. The van der Waals surface area contributed by atoms with E-state index in [1.54, 1.807) is 0 Å². The van der Waals surface area contributed by atoms with Crippen molar-refractivity contribution in [1.82, 2.24) is 4.98 Å². The van der Waals surface area contributed by atoms with Crippen LogP contribution in [0.15, 0.2) is 24.3 Å². The van der Waals surface area contributed by atoms with Crippen LogP contribution in [0.5, 0.6) is 5.75 Å². The third-order valence-electron chi connectivity index (χ3n) is 2.93. The average molecular weight is 245 g/mol. The molecule has 0 aliphatic heterocycles. The summed E-state index contributed by atoms with van der Waals surface area (Å²) in [6.07, 6.45) is 2.17. The molecule has 18 heavy (non-hydrogen) atoms. The van der Waals surface area contributed by atoms with Crippen molar-refractivity contribution in [2.45, 2.75) is 33.3 Å². The summed E-state index contributed by atoms with van der Waals surface area (Å²) >= 11 is 0. The van der Waals surface area contributed by atoms with E-state index in [0.717, 1.165) is 47.4 Å². The van der Waals surface area contributed by atoms with Crippen molar-refractivity contribution in [3.63, 3.8) is 0 Å². The van der Waals surface area contributed by atoms with Gasteiger partial charge in [-0.05, 0) is 43.2 Å². The van der Waals surface area contributed by atoms with Gasteiger partial charge in [-0.25, -0.2) is 0 Å². The van der Waals surface area contributed by atoms with Crippen LogP contribution in [0.1, 0.15) is 31.0 Å². The standard InChI is InChI=1S/C15H19NO2/c1-3-4-7-18-13-5-6-15-14(9-13)12(10-17)8-11(2)16-15/h5-6,8-9,17H,3-4,7,10H2,1-2H3. The SMILES string of the molecule is CCCCOc1ccc2nc(C)cc(CO)c2c1. The summed E-state index contributed by atoms with van der Waals surface area (Å²) in [5.74, 6) is 0.844. The van der Waals surface area contributed by atoms with Gasteiger partial charge >= 0.3 is 0 Å². The first kappa shape index (κ1) is 12.8. The molecular weight excluding hydrogens is 226 g/mol. The molecule has 1 N–H and O–H groups in total. The van der Waals surface area contributed by atoms with Crippen LogP contribution in [0.3, 0.4) is 0 Å². The minimum Gasteiger partial charge on any atom is -0.494 e. The van der Waals surface area contributed by atoms with E-state index in [-0.39, 0.29) is 6.61 Å². The smallest absolute Gasteiger partial charge is 0.120 e. The molecular formula is C15H19NO2. The van der Waals surface area contributed by atoms with Crippen molar-refractivity contribution in [2.75, 3.05) is 6.61 Å². The van der Waals surface area contributed by atoms with E-state index in [9.17, 15) is 5.11 Å². The van der Waals surface area contributed by atoms with E-state index in [0.29, 0.717) is 0 Å². The molecule has 3 heteroatoms. The minimum absolute atomic E-state index is 0.0261. The van der Waals surface area contributed by atoms with E-state index >= 15 is 0 Å². The van der Waals surface area contributed by atoms with Gasteiger partial charge in [-0.15, -0.1) is 0 Å². The Morgan fingerprint density at radius 2 is 2.11 bits per heavy atom. The van der Waals surface area contributed by atoms with Crippen LogP contribution < -0.4 is 4.74 Å². The second-order valence-corrected chi connectivity index (χ2v) is 4.46. The van der Waals surface area contributed by atoms with Crippen molar-refractivity contribution >= 4 is 10.9 Å². The summed E-state index contributed by atoms with van der Waals surface area (Å²) in [7, 11) is 0. The van der Waals surface area contributed by atoms with Gasteiger partial charge < -0.3 is 9.84 Å². The fourth-order valence-corrected chi connectivity index (χ4v) is 1.98. The largest absolute Gasteiger partial charge is 0.494 e. The van der Waals surface area contributed by atoms with Gasteiger partial charge in [-0.3, -0.25) is 4.98 Å². The molecule has 0 saturated heterocycles. The number of nitrogens with zero attached hydrogens (tertiary/aromatic N) is 1. The summed E-state index contributed by atoms with van der Waals surface area (Å²) in [5.41, 5.74) is 2.73. The maximum atomic E-state index is 9.40. The lowest BCUT2D eigenvalue weighted by atomic mass is 10.1. The molecule has 0 amide bonds. The molecule has 1 aromatic heterocycles. The molecule has 0 unspecified atom stereocenters. The van der Waals surface area contributed by atoms with Gasteiger partial charge in [0.1, 0.15) is 5.75 Å². The van der Waals surface area contributed by atoms with Gasteiger partial charge in [0.2, 0.25) is 0 Å². The van der Waals surface area contributed by atoms with Crippen molar-refractivity contribution in [3.8, 4) is 5.75 Å². The molecule has 0 fully saturated rings. The molecule has 3 nitrogen and oxygen atoms in total. The van der Waals surface area contributed by atoms with E-state index in [1.807, 2.05) is 31.2 Å². The monoisotopic (exact) mass is 245 g/mol. The van der Waals surface area contributed by atoms with Crippen LogP contribution in [-0.4, -0.2) is 16.7 Å². The van der Waals surface area contributed by atoms with Crippen LogP contribution in [0.25, 0.3) is 10.9 Å². The molecule has 96 valence electrons. The minimum atomic E-state index is 0.0261. The molecule has 0 aliphatic carbocycles. The highest BCUT2D eigenvalue weighted by Gasteiger charge is 2.05. The number of hydrogen-bond acceptors (Lipinski definition) is 3. The fraction of sp³-hybridized carbons (Fsp3) is 0.400. The van der Waals surface area contributed by atoms with E-state index < -0.39 is 0 Å². The molecule has 0 atom stereocenters. The highest BCUT2D eigenvalue weighted by molar-refractivity contribution is 5.83. The molecule has 1 aromatic carbocycles. The Labute approximate surface area is 107 Å². The van der Waals surface area contributed by atoms with E-state index in [4.69, 9.17) is 4.74 Å². The summed E-state index contributed by atoms with van der Waals surface area (Å²) in [6.45, 7) is 4.83. The van der Waals surface area contributed by atoms with Gasteiger partial charge in [-0.2, -0.15) is 0 Å². The maximum Gasteiger partial charge on any atom is 0.120 e. The molecule has 2 aromatic rings. The topological polar surface area (TPSA) is 42.4 Å². The van der Waals surface area contributed by atoms with Crippen LogP contribution in [0.4, 0.5) is 0 Å². The third kappa shape index (κ3) is 2.79. The Balaban J connectivity index is 2.34. The average Bonchev–Trinajstić information content (AvgIpc) is 2.38. The van der Waals surface area contributed by atoms with Crippen molar-refractivity contribution in [3.05, 3.63) is 35.5 Å². The lowest BCUT2D eigenvalue weighted by Crippen LogP contribution is -1.97. The van der Waals surface area contributed by atoms with Crippen molar-refractivity contribution in [1.29, 1.82) is 0 Å². The number of pyridine rings is 1. The molecule has 1 heterocycles. The summed E-state index contributed by atoms with van der Waals surface area (Å²) in [6, 6.07) is 7.76. The van der Waals surface area contributed by atoms with Crippen molar-refractivity contribution in [2.24, 2.45) is 0 Å². The van der Waals surface area contributed by atoms with E-state index in [2.05, 4.69) is 11.9 Å². The molecule has 0 spiro atoms. The molecule has 0 bridgehead atoms. The number of aromatic nitrogens is 1. The predicted octanol–water partition coefficient (Wildman–Crippen LogP) is 3.21. The van der Waals surface area contributed by atoms with Crippen LogP contribution >= 0.6 is 0 Å². The lowest BCUT2D eigenvalue weighted by molar-refractivity contribution is 0.283. The van der Waals surface area contributed by atoms with Gasteiger partial charge in [0.05, 0.1) is 18.7 Å². The summed E-state index contributed by atoms with van der Waals surface area (Å²) < 4.78 is 5.67. The number of aliphatic hydroxyl groups excluding tert-OH is 1. The number of ether oxygens (including phenoxy) is 1. The zero-order valence-corrected chi connectivity index (χ0v) is 10.9. The number of unbranched alkanes of at least 4 members (excludes halogenated alkanes) is 1. The number of hydrogen-bond donors (Lipinski definition) is 1. The van der Waals surface area contributed by atoms with Gasteiger partial charge in [0.15, 0.2) is 0 Å². The number of rotatable bonds is 5. The van der Waals surface area contributed by atoms with Crippen LogP contribution in [0, 0.1) is 6.92 Å². The predicted molar refractivity (Wildman–Crippen MR) is 72.8 cm³/mol. The molecule has 0 radical (unpaired) electrons. The van der Waals surface area contributed by atoms with Crippen molar-refractivity contribution < 1.29 is 9.84 Å². The Morgan fingerprint density at radius 1 is 1.28 bits per heavy atom. The van der Waals surface area contributed by atoms with Crippen LogP contribution in [-0.2, 0) is 6.61 Å². The molecule has 0 saturated carbocycles. The maximum absolute atomic E-state index is 9.40. The Bertz CT molecular complexity index is 537. The summed E-state index contributed by atoms with van der Waals surface area (Å²) in [4.78, 5) is 4.46. The Hall–Kier alpha value is -1.61.